The Balaban J connectivity index is 1.86. The van der Waals surface area contributed by atoms with Crippen LogP contribution >= 0.6 is 11.3 Å². The minimum absolute atomic E-state index is 0.0793. The quantitative estimate of drug-likeness (QED) is 0.796. The van der Waals surface area contributed by atoms with E-state index in [4.69, 9.17) is 5.73 Å². The highest BCUT2D eigenvalue weighted by Crippen LogP contribution is 2.44. The summed E-state index contributed by atoms with van der Waals surface area (Å²) in [6.07, 6.45) is 1.84. The zero-order valence-corrected chi connectivity index (χ0v) is 9.56. The Bertz CT molecular complexity index is 370. The third-order valence-electron chi connectivity index (χ3n) is 2.82. The molecule has 82 valence electrons. The van der Waals surface area contributed by atoms with Crippen molar-refractivity contribution in [3.8, 4) is 0 Å². The van der Waals surface area contributed by atoms with Gasteiger partial charge in [-0.1, -0.05) is 0 Å². The molecule has 1 fully saturated rings. The largest absolute Gasteiger partial charge is 0.350 e. The van der Waals surface area contributed by atoms with Crippen LogP contribution in [0.25, 0.3) is 0 Å². The van der Waals surface area contributed by atoms with Gasteiger partial charge in [0.05, 0.1) is 22.7 Å². The van der Waals surface area contributed by atoms with E-state index in [0.29, 0.717) is 13.1 Å². The Hall–Kier alpha value is -0.940. The smallest absolute Gasteiger partial charge is 0.227 e. The number of amides is 1. The van der Waals surface area contributed by atoms with E-state index in [1.54, 1.807) is 11.3 Å². The fourth-order valence-corrected chi connectivity index (χ4v) is 2.14. The van der Waals surface area contributed by atoms with Crippen LogP contribution in [-0.2, 0) is 11.3 Å². The van der Waals surface area contributed by atoms with Gasteiger partial charge in [0, 0.05) is 11.9 Å². The van der Waals surface area contributed by atoms with E-state index in [0.717, 1.165) is 23.5 Å². The summed E-state index contributed by atoms with van der Waals surface area (Å²) in [4.78, 5) is 16.0. The Morgan fingerprint density at radius 2 is 2.47 bits per heavy atom. The Labute approximate surface area is 92.9 Å². The molecule has 4 nitrogen and oxygen atoms in total. The van der Waals surface area contributed by atoms with Gasteiger partial charge in [-0.15, -0.1) is 11.3 Å². The van der Waals surface area contributed by atoms with Gasteiger partial charge < -0.3 is 11.1 Å². The molecule has 5 heteroatoms. The molecule has 0 atom stereocenters. The predicted molar refractivity (Wildman–Crippen MR) is 59.4 cm³/mol. The SMILES string of the molecule is Cc1nc(CNC(=O)C2(CN)CC2)cs1. The van der Waals surface area contributed by atoms with Crippen molar-refractivity contribution in [3.05, 3.63) is 16.1 Å². The summed E-state index contributed by atoms with van der Waals surface area (Å²) in [6, 6.07) is 0. The number of carbonyl (C=O) groups is 1. The fraction of sp³-hybridized carbons (Fsp3) is 0.600. The van der Waals surface area contributed by atoms with Crippen LogP contribution in [0.2, 0.25) is 0 Å². The monoisotopic (exact) mass is 225 g/mol. The normalized spacial score (nSPS) is 17.5. The van der Waals surface area contributed by atoms with E-state index in [2.05, 4.69) is 10.3 Å². The van der Waals surface area contributed by atoms with E-state index < -0.39 is 0 Å². The number of hydrogen-bond acceptors (Lipinski definition) is 4. The molecule has 1 aliphatic rings. The zero-order valence-electron chi connectivity index (χ0n) is 8.75. The molecule has 1 saturated carbocycles. The number of rotatable bonds is 4. The Kier molecular flexibility index (Phi) is 2.75. The number of hydrogen-bond donors (Lipinski definition) is 2. The summed E-state index contributed by atoms with van der Waals surface area (Å²) in [6.45, 7) is 2.93. The topological polar surface area (TPSA) is 68.0 Å². The van der Waals surface area contributed by atoms with Crippen LogP contribution in [0.1, 0.15) is 23.5 Å². The maximum Gasteiger partial charge on any atom is 0.227 e. The van der Waals surface area contributed by atoms with Crippen molar-refractivity contribution in [2.24, 2.45) is 11.1 Å². The van der Waals surface area contributed by atoms with Crippen LogP contribution < -0.4 is 11.1 Å². The molecule has 0 bridgehead atoms. The highest BCUT2D eigenvalue weighted by atomic mass is 32.1. The number of carbonyl (C=O) groups excluding carboxylic acids is 1. The number of thiazole rings is 1. The van der Waals surface area contributed by atoms with Crippen LogP contribution in [0.5, 0.6) is 0 Å². The molecule has 15 heavy (non-hydrogen) atoms. The molecular formula is C10H15N3OS. The van der Waals surface area contributed by atoms with Gasteiger partial charge in [-0.05, 0) is 19.8 Å². The lowest BCUT2D eigenvalue weighted by Crippen LogP contribution is -2.36. The lowest BCUT2D eigenvalue weighted by Gasteiger charge is -2.11. The first-order chi connectivity index (χ1) is 7.16. The van der Waals surface area contributed by atoms with E-state index >= 15 is 0 Å². The average molecular weight is 225 g/mol. The lowest BCUT2D eigenvalue weighted by atomic mass is 10.1. The number of nitrogens with zero attached hydrogens (tertiary/aromatic N) is 1. The van der Waals surface area contributed by atoms with Crippen molar-refractivity contribution in [2.75, 3.05) is 6.54 Å². The standard InChI is InChI=1S/C10H15N3OS/c1-7-13-8(5-15-7)4-12-9(14)10(6-11)2-3-10/h5H,2-4,6,11H2,1H3,(H,12,14). The second-order valence-electron chi connectivity index (χ2n) is 4.02. The molecule has 2 rings (SSSR count). The van der Waals surface area contributed by atoms with Gasteiger partial charge in [0.25, 0.3) is 0 Å². The minimum atomic E-state index is -0.259. The molecular weight excluding hydrogens is 210 g/mol. The molecule has 1 heterocycles. The van der Waals surface area contributed by atoms with Gasteiger partial charge in [-0.25, -0.2) is 4.98 Å². The maximum atomic E-state index is 11.7. The van der Waals surface area contributed by atoms with Gasteiger partial charge in [0.15, 0.2) is 0 Å². The number of nitrogens with one attached hydrogen (secondary N) is 1. The summed E-state index contributed by atoms with van der Waals surface area (Å²) < 4.78 is 0. The van der Waals surface area contributed by atoms with Crippen LogP contribution in [0.4, 0.5) is 0 Å². The molecule has 1 aliphatic carbocycles. The molecule has 3 N–H and O–H groups in total. The Morgan fingerprint density at radius 3 is 2.93 bits per heavy atom. The van der Waals surface area contributed by atoms with Crippen molar-refractivity contribution >= 4 is 17.2 Å². The second kappa shape index (κ2) is 3.90. The third-order valence-corrected chi connectivity index (χ3v) is 3.64. The van der Waals surface area contributed by atoms with Crippen LogP contribution in [-0.4, -0.2) is 17.4 Å². The van der Waals surface area contributed by atoms with Gasteiger partial charge in [-0.2, -0.15) is 0 Å². The molecule has 0 unspecified atom stereocenters. The van der Waals surface area contributed by atoms with Crippen LogP contribution in [0.3, 0.4) is 0 Å². The van der Waals surface area contributed by atoms with Crippen molar-refractivity contribution < 1.29 is 4.79 Å². The molecule has 0 spiro atoms. The average Bonchev–Trinajstić information content (AvgIpc) is 2.93. The van der Waals surface area contributed by atoms with Gasteiger partial charge in [0.1, 0.15) is 0 Å². The van der Waals surface area contributed by atoms with Gasteiger partial charge in [0.2, 0.25) is 5.91 Å². The van der Waals surface area contributed by atoms with E-state index in [9.17, 15) is 4.79 Å². The first-order valence-corrected chi connectivity index (χ1v) is 5.94. The zero-order chi connectivity index (χ0) is 10.9. The van der Waals surface area contributed by atoms with Gasteiger partial charge >= 0.3 is 0 Å². The fourth-order valence-electron chi connectivity index (χ4n) is 1.52. The number of nitrogens with two attached hydrogens (primary N) is 1. The van der Waals surface area contributed by atoms with Crippen molar-refractivity contribution in [1.29, 1.82) is 0 Å². The van der Waals surface area contributed by atoms with Gasteiger partial charge in [-0.3, -0.25) is 4.79 Å². The molecule has 0 aliphatic heterocycles. The second-order valence-corrected chi connectivity index (χ2v) is 5.09. The minimum Gasteiger partial charge on any atom is -0.350 e. The van der Waals surface area contributed by atoms with E-state index in [-0.39, 0.29) is 11.3 Å². The van der Waals surface area contributed by atoms with Crippen molar-refractivity contribution in [3.63, 3.8) is 0 Å². The molecule has 0 aromatic carbocycles. The van der Waals surface area contributed by atoms with Crippen LogP contribution in [0.15, 0.2) is 5.38 Å². The highest BCUT2D eigenvalue weighted by molar-refractivity contribution is 7.09. The lowest BCUT2D eigenvalue weighted by molar-refractivity contribution is -0.126. The summed E-state index contributed by atoms with van der Waals surface area (Å²) in [5, 5.41) is 5.89. The third kappa shape index (κ3) is 2.18. The summed E-state index contributed by atoms with van der Waals surface area (Å²) in [7, 11) is 0. The summed E-state index contributed by atoms with van der Waals surface area (Å²) in [5.74, 6) is 0.0793. The number of aromatic nitrogens is 1. The number of aryl methyl sites for hydroxylation is 1. The summed E-state index contributed by atoms with van der Waals surface area (Å²) in [5.41, 5.74) is 6.24. The molecule has 0 saturated heterocycles. The summed E-state index contributed by atoms with van der Waals surface area (Å²) >= 11 is 1.60. The maximum absolute atomic E-state index is 11.7. The first kappa shape index (κ1) is 10.6. The molecule has 1 aromatic heterocycles. The molecule has 1 aromatic rings. The van der Waals surface area contributed by atoms with Crippen LogP contribution in [0, 0.1) is 12.3 Å². The van der Waals surface area contributed by atoms with E-state index in [1.165, 1.54) is 0 Å². The van der Waals surface area contributed by atoms with Crippen molar-refractivity contribution in [1.82, 2.24) is 10.3 Å². The first-order valence-electron chi connectivity index (χ1n) is 5.06. The van der Waals surface area contributed by atoms with Crippen molar-refractivity contribution in [2.45, 2.75) is 26.3 Å². The predicted octanol–water partition coefficient (Wildman–Crippen LogP) is 0.807. The molecule has 0 radical (unpaired) electrons. The molecule has 1 amide bonds. The highest BCUT2D eigenvalue weighted by Gasteiger charge is 2.48. The Morgan fingerprint density at radius 1 is 1.73 bits per heavy atom. The van der Waals surface area contributed by atoms with E-state index in [1.807, 2.05) is 12.3 Å².